The summed E-state index contributed by atoms with van der Waals surface area (Å²) in [7, 11) is 0. The van der Waals surface area contributed by atoms with Gasteiger partial charge in [-0.2, -0.15) is 0 Å². The van der Waals surface area contributed by atoms with E-state index >= 15 is 0 Å². The molecule has 0 heteroatoms. The van der Waals surface area contributed by atoms with Gasteiger partial charge in [-0.25, -0.2) is 0 Å². The summed E-state index contributed by atoms with van der Waals surface area (Å²) in [4.78, 5) is 0. The highest BCUT2D eigenvalue weighted by Gasteiger charge is 2.08. The fourth-order valence-electron chi connectivity index (χ4n) is 3.18. The molecule has 0 aliphatic rings. The van der Waals surface area contributed by atoms with Gasteiger partial charge in [0.2, 0.25) is 0 Å². The topological polar surface area (TPSA) is 0 Å². The molecule has 3 aromatic carbocycles. The molecule has 0 unspecified atom stereocenters. The Hall–Kier alpha value is -2.34. The van der Waals surface area contributed by atoms with Gasteiger partial charge in [-0.15, -0.1) is 0 Å². The predicted molar refractivity (Wildman–Crippen MR) is 102 cm³/mol. The fraction of sp³-hybridized carbons (Fsp3) is 0.217. The maximum absolute atomic E-state index is 2.34. The second kappa shape index (κ2) is 7.28. The van der Waals surface area contributed by atoms with Crippen molar-refractivity contribution in [2.75, 3.05) is 0 Å². The molecule has 0 aliphatic heterocycles. The summed E-state index contributed by atoms with van der Waals surface area (Å²) in [5, 5.41) is 2.73. The standard InChI is InChI=1S/C23H24/c1-18-9-7-12-20(17-18)11-4-3-10-19(2)22-16-8-14-21-13-5-6-15-23(21)22/h4-9,11-17,19H,3,10H2,1-2H3/b11-4+/t19-/m0/s1. The molecule has 0 aromatic heterocycles. The summed E-state index contributed by atoms with van der Waals surface area (Å²) in [6, 6.07) is 24.0. The second-order valence-electron chi connectivity index (χ2n) is 6.36. The van der Waals surface area contributed by atoms with E-state index in [0.717, 1.165) is 6.42 Å². The van der Waals surface area contributed by atoms with Crippen LogP contribution < -0.4 is 0 Å². The van der Waals surface area contributed by atoms with E-state index in [9.17, 15) is 0 Å². The zero-order chi connectivity index (χ0) is 16.1. The molecule has 1 atom stereocenters. The van der Waals surface area contributed by atoms with Gasteiger partial charge in [0.25, 0.3) is 0 Å². The Morgan fingerprint density at radius 2 is 1.70 bits per heavy atom. The van der Waals surface area contributed by atoms with E-state index in [0.29, 0.717) is 5.92 Å². The van der Waals surface area contributed by atoms with Crippen LogP contribution in [0.1, 0.15) is 42.4 Å². The molecule has 0 nitrogen and oxygen atoms in total. The maximum Gasteiger partial charge on any atom is -0.0149 e. The van der Waals surface area contributed by atoms with Gasteiger partial charge >= 0.3 is 0 Å². The molecule has 0 aliphatic carbocycles. The van der Waals surface area contributed by atoms with Crippen LogP contribution in [0.2, 0.25) is 0 Å². The minimum Gasteiger partial charge on any atom is -0.0839 e. The highest BCUT2D eigenvalue weighted by Crippen LogP contribution is 2.28. The van der Waals surface area contributed by atoms with E-state index in [1.165, 1.54) is 33.9 Å². The van der Waals surface area contributed by atoms with Crippen molar-refractivity contribution >= 4 is 16.8 Å². The predicted octanol–water partition coefficient (Wildman–Crippen LogP) is 6.75. The molecule has 0 radical (unpaired) electrons. The van der Waals surface area contributed by atoms with Crippen LogP contribution in [0.25, 0.3) is 16.8 Å². The lowest BCUT2D eigenvalue weighted by atomic mass is 9.91. The molecule has 0 N–H and O–H groups in total. The highest BCUT2D eigenvalue weighted by atomic mass is 14.1. The van der Waals surface area contributed by atoms with Gasteiger partial charge in [0, 0.05) is 0 Å². The van der Waals surface area contributed by atoms with Crippen molar-refractivity contribution < 1.29 is 0 Å². The first-order valence-electron chi connectivity index (χ1n) is 8.45. The quantitative estimate of drug-likeness (QED) is 0.489. The van der Waals surface area contributed by atoms with Gasteiger partial charge in [-0.05, 0) is 47.6 Å². The van der Waals surface area contributed by atoms with Crippen LogP contribution in [0.4, 0.5) is 0 Å². The number of aryl methyl sites for hydroxylation is 1. The monoisotopic (exact) mass is 300 g/mol. The van der Waals surface area contributed by atoms with E-state index < -0.39 is 0 Å². The number of fused-ring (bicyclic) bond motifs is 1. The first-order valence-corrected chi connectivity index (χ1v) is 8.45. The summed E-state index contributed by atoms with van der Waals surface area (Å²) in [5.74, 6) is 0.572. The van der Waals surface area contributed by atoms with E-state index in [4.69, 9.17) is 0 Å². The van der Waals surface area contributed by atoms with Crippen LogP contribution >= 0.6 is 0 Å². The molecular formula is C23H24. The molecule has 0 saturated heterocycles. The first-order chi connectivity index (χ1) is 11.2. The smallest absolute Gasteiger partial charge is 0.0149 e. The normalized spacial score (nSPS) is 12.8. The molecule has 0 heterocycles. The van der Waals surface area contributed by atoms with E-state index in [1.807, 2.05) is 0 Å². The lowest BCUT2D eigenvalue weighted by Crippen LogP contribution is -1.94. The molecule has 3 aromatic rings. The van der Waals surface area contributed by atoms with Crippen LogP contribution in [0.15, 0.2) is 72.8 Å². The van der Waals surface area contributed by atoms with Crippen LogP contribution in [-0.4, -0.2) is 0 Å². The van der Waals surface area contributed by atoms with Crippen molar-refractivity contribution in [3.8, 4) is 0 Å². The Balaban J connectivity index is 1.66. The summed E-state index contributed by atoms with van der Waals surface area (Å²) in [5.41, 5.74) is 4.08. The van der Waals surface area contributed by atoms with Crippen LogP contribution in [0.5, 0.6) is 0 Å². The van der Waals surface area contributed by atoms with E-state index in [-0.39, 0.29) is 0 Å². The Bertz CT molecular complexity index is 806. The Kier molecular flexibility index (Phi) is 4.92. The number of allylic oxidation sites excluding steroid dienone is 1. The van der Waals surface area contributed by atoms with Crippen molar-refractivity contribution in [2.24, 2.45) is 0 Å². The van der Waals surface area contributed by atoms with Gasteiger partial charge in [0.05, 0.1) is 0 Å². The molecule has 0 saturated carbocycles. The SMILES string of the molecule is Cc1cccc(/C=C/CC[C@H](C)c2cccc3ccccc23)c1. The molecule has 0 fully saturated rings. The van der Waals surface area contributed by atoms with Gasteiger partial charge < -0.3 is 0 Å². The first kappa shape index (κ1) is 15.6. The summed E-state index contributed by atoms with van der Waals surface area (Å²) in [6.07, 6.45) is 6.83. The minimum atomic E-state index is 0.572. The summed E-state index contributed by atoms with van der Waals surface area (Å²) < 4.78 is 0. The molecule has 23 heavy (non-hydrogen) atoms. The van der Waals surface area contributed by atoms with Crippen molar-refractivity contribution in [3.05, 3.63) is 89.5 Å². The number of hydrogen-bond donors (Lipinski definition) is 0. The maximum atomic E-state index is 2.34. The zero-order valence-electron chi connectivity index (χ0n) is 14.0. The van der Waals surface area contributed by atoms with Crippen LogP contribution in [-0.2, 0) is 0 Å². The van der Waals surface area contributed by atoms with Gasteiger partial charge in [0.1, 0.15) is 0 Å². The average Bonchev–Trinajstić information content (AvgIpc) is 2.58. The summed E-state index contributed by atoms with van der Waals surface area (Å²) in [6.45, 7) is 4.47. The lowest BCUT2D eigenvalue weighted by molar-refractivity contribution is 0.696. The Morgan fingerprint density at radius 3 is 2.57 bits per heavy atom. The number of hydrogen-bond acceptors (Lipinski definition) is 0. The largest absolute Gasteiger partial charge is 0.0839 e. The molecule has 0 amide bonds. The van der Waals surface area contributed by atoms with Crippen LogP contribution in [0.3, 0.4) is 0 Å². The Morgan fingerprint density at radius 1 is 0.913 bits per heavy atom. The van der Waals surface area contributed by atoms with Crippen molar-refractivity contribution in [1.82, 2.24) is 0 Å². The summed E-state index contributed by atoms with van der Waals surface area (Å²) >= 11 is 0. The molecule has 0 bridgehead atoms. The molecule has 116 valence electrons. The van der Waals surface area contributed by atoms with Crippen molar-refractivity contribution in [1.29, 1.82) is 0 Å². The minimum absolute atomic E-state index is 0.572. The molecular weight excluding hydrogens is 276 g/mol. The lowest BCUT2D eigenvalue weighted by Gasteiger charge is -2.13. The zero-order valence-corrected chi connectivity index (χ0v) is 14.0. The van der Waals surface area contributed by atoms with Gasteiger partial charge in [-0.1, -0.05) is 91.4 Å². The van der Waals surface area contributed by atoms with E-state index in [2.05, 4.69) is 92.7 Å². The van der Waals surface area contributed by atoms with E-state index in [1.54, 1.807) is 0 Å². The molecule has 0 spiro atoms. The third kappa shape index (κ3) is 3.90. The van der Waals surface area contributed by atoms with Gasteiger partial charge in [-0.3, -0.25) is 0 Å². The number of rotatable bonds is 5. The van der Waals surface area contributed by atoms with Crippen molar-refractivity contribution in [3.63, 3.8) is 0 Å². The molecule has 3 rings (SSSR count). The highest BCUT2D eigenvalue weighted by molar-refractivity contribution is 5.86. The van der Waals surface area contributed by atoms with Gasteiger partial charge in [0.15, 0.2) is 0 Å². The number of benzene rings is 3. The third-order valence-electron chi connectivity index (χ3n) is 4.47. The van der Waals surface area contributed by atoms with Crippen molar-refractivity contribution in [2.45, 2.75) is 32.6 Å². The van der Waals surface area contributed by atoms with Crippen LogP contribution in [0, 0.1) is 6.92 Å². The fourth-order valence-corrected chi connectivity index (χ4v) is 3.18. The average molecular weight is 300 g/mol. The Labute approximate surface area is 139 Å². The third-order valence-corrected chi connectivity index (χ3v) is 4.47. The second-order valence-corrected chi connectivity index (χ2v) is 6.36.